The largest absolute Gasteiger partial charge is 0.458 e. The van der Waals surface area contributed by atoms with Crippen LogP contribution in [-0.4, -0.2) is 5.78 Å². The molecule has 0 N–H and O–H groups in total. The van der Waals surface area contributed by atoms with Crippen LogP contribution in [0.3, 0.4) is 0 Å². The van der Waals surface area contributed by atoms with Crippen molar-refractivity contribution in [2.75, 3.05) is 0 Å². The molecule has 1 aliphatic carbocycles. The van der Waals surface area contributed by atoms with Crippen LogP contribution in [0.5, 0.6) is 0 Å². The third kappa shape index (κ3) is 0.986. The van der Waals surface area contributed by atoms with E-state index >= 15 is 0 Å². The molecule has 1 aromatic rings. The van der Waals surface area contributed by atoms with E-state index in [1.165, 1.54) is 0 Å². The van der Waals surface area contributed by atoms with Crippen LogP contribution in [0.1, 0.15) is 35.2 Å². The minimum absolute atomic E-state index is 0.142. The second-order valence-corrected chi connectivity index (χ2v) is 3.52. The molecule has 0 spiro atoms. The molecule has 12 heavy (non-hydrogen) atoms. The van der Waals surface area contributed by atoms with Gasteiger partial charge in [0.2, 0.25) is 5.78 Å². The van der Waals surface area contributed by atoms with E-state index in [1.807, 2.05) is 19.9 Å². The van der Waals surface area contributed by atoms with Gasteiger partial charge in [-0.1, -0.05) is 6.92 Å². The molecule has 1 atom stereocenters. The quantitative estimate of drug-likeness (QED) is 0.589. The summed E-state index contributed by atoms with van der Waals surface area (Å²) >= 11 is 0. The Balaban J connectivity index is 2.48. The Morgan fingerprint density at radius 1 is 1.58 bits per heavy atom. The number of Topliss-reactive ketones (excluding diaryl/α,β-unsaturated/α-hetero) is 1. The van der Waals surface area contributed by atoms with Crippen LogP contribution < -0.4 is 0 Å². The summed E-state index contributed by atoms with van der Waals surface area (Å²) in [6, 6.07) is 1.97. The van der Waals surface area contributed by atoms with Crippen LogP contribution in [0.25, 0.3) is 0 Å². The lowest BCUT2D eigenvalue weighted by atomic mass is 9.89. The molecule has 0 fully saturated rings. The molecule has 0 aromatic carbocycles. The maximum atomic E-state index is 11.5. The first-order chi connectivity index (χ1) is 5.68. The Bertz CT molecular complexity index is 323. The minimum Gasteiger partial charge on any atom is -0.458 e. The van der Waals surface area contributed by atoms with E-state index in [0.29, 0.717) is 5.76 Å². The summed E-state index contributed by atoms with van der Waals surface area (Å²) in [4.78, 5) is 11.5. The molecule has 0 saturated carbocycles. The van der Waals surface area contributed by atoms with E-state index in [9.17, 15) is 4.79 Å². The van der Waals surface area contributed by atoms with Crippen molar-refractivity contribution >= 4 is 5.78 Å². The summed E-state index contributed by atoms with van der Waals surface area (Å²) in [6.45, 7) is 3.85. The molecule has 2 heteroatoms. The molecule has 2 rings (SSSR count). The van der Waals surface area contributed by atoms with Crippen LogP contribution in [0.15, 0.2) is 10.5 Å². The van der Waals surface area contributed by atoms with Crippen LogP contribution in [0.4, 0.5) is 0 Å². The van der Waals surface area contributed by atoms with Gasteiger partial charge in [-0.25, -0.2) is 0 Å². The van der Waals surface area contributed by atoms with Gasteiger partial charge >= 0.3 is 0 Å². The second kappa shape index (κ2) is 2.47. The molecule has 1 aliphatic rings. The lowest BCUT2D eigenvalue weighted by Crippen LogP contribution is -2.18. The van der Waals surface area contributed by atoms with Gasteiger partial charge in [0, 0.05) is 11.5 Å². The Hall–Kier alpha value is -1.05. The van der Waals surface area contributed by atoms with Gasteiger partial charge in [0.15, 0.2) is 5.76 Å². The van der Waals surface area contributed by atoms with Gasteiger partial charge < -0.3 is 4.42 Å². The standard InChI is InChI=1S/C10H12O2/c1-6-3-4-8-5-7(2)12-10(8)9(6)11/h5-6H,3-4H2,1-2H3. The smallest absolute Gasteiger partial charge is 0.201 e. The molecular formula is C10H12O2. The van der Waals surface area contributed by atoms with E-state index in [0.717, 1.165) is 24.2 Å². The number of carbonyl (C=O) groups excluding carboxylic acids is 1. The molecule has 2 nitrogen and oxygen atoms in total. The van der Waals surface area contributed by atoms with Gasteiger partial charge in [0.25, 0.3) is 0 Å². The summed E-state index contributed by atoms with van der Waals surface area (Å²) in [5.41, 5.74) is 1.09. The Labute approximate surface area is 71.6 Å². The highest BCUT2D eigenvalue weighted by atomic mass is 16.3. The fourth-order valence-electron chi connectivity index (χ4n) is 1.69. The molecular weight excluding hydrogens is 152 g/mol. The molecule has 1 aromatic heterocycles. The van der Waals surface area contributed by atoms with Crippen molar-refractivity contribution in [3.63, 3.8) is 0 Å². The predicted octanol–water partition coefficient (Wildman–Crippen LogP) is 2.35. The lowest BCUT2D eigenvalue weighted by Gasteiger charge is -2.14. The van der Waals surface area contributed by atoms with Gasteiger partial charge in [0.05, 0.1) is 0 Å². The number of hydrogen-bond acceptors (Lipinski definition) is 2. The van der Waals surface area contributed by atoms with Crippen molar-refractivity contribution in [1.29, 1.82) is 0 Å². The number of carbonyl (C=O) groups is 1. The Morgan fingerprint density at radius 3 is 3.08 bits per heavy atom. The number of aryl methyl sites for hydroxylation is 2. The predicted molar refractivity (Wildman–Crippen MR) is 45.3 cm³/mol. The topological polar surface area (TPSA) is 30.2 Å². The fourth-order valence-corrected chi connectivity index (χ4v) is 1.69. The third-order valence-corrected chi connectivity index (χ3v) is 2.45. The van der Waals surface area contributed by atoms with Gasteiger partial charge in [-0.05, 0) is 25.8 Å². The van der Waals surface area contributed by atoms with E-state index in [2.05, 4.69) is 0 Å². The van der Waals surface area contributed by atoms with E-state index in [4.69, 9.17) is 4.42 Å². The van der Waals surface area contributed by atoms with Gasteiger partial charge in [0.1, 0.15) is 5.76 Å². The first kappa shape index (κ1) is 7.59. The zero-order valence-corrected chi connectivity index (χ0v) is 7.39. The summed E-state index contributed by atoms with van der Waals surface area (Å²) in [6.07, 6.45) is 1.95. The maximum absolute atomic E-state index is 11.5. The van der Waals surface area contributed by atoms with Crippen LogP contribution in [-0.2, 0) is 6.42 Å². The monoisotopic (exact) mass is 164 g/mol. The van der Waals surface area contributed by atoms with Crippen molar-refractivity contribution in [2.45, 2.75) is 26.7 Å². The highest BCUT2D eigenvalue weighted by molar-refractivity contribution is 5.97. The average Bonchev–Trinajstić information content (AvgIpc) is 2.39. The van der Waals surface area contributed by atoms with Gasteiger partial charge in [-0.15, -0.1) is 0 Å². The van der Waals surface area contributed by atoms with Crippen molar-refractivity contribution < 1.29 is 9.21 Å². The van der Waals surface area contributed by atoms with Gasteiger partial charge in [-0.2, -0.15) is 0 Å². The molecule has 0 radical (unpaired) electrons. The first-order valence-electron chi connectivity index (χ1n) is 4.32. The Morgan fingerprint density at radius 2 is 2.33 bits per heavy atom. The SMILES string of the molecule is Cc1cc2c(o1)C(=O)C(C)CC2. The number of fused-ring (bicyclic) bond motifs is 1. The van der Waals surface area contributed by atoms with Crippen molar-refractivity contribution in [3.8, 4) is 0 Å². The average molecular weight is 164 g/mol. The number of rotatable bonds is 0. The lowest BCUT2D eigenvalue weighted by molar-refractivity contribution is 0.0881. The van der Waals surface area contributed by atoms with Crippen LogP contribution >= 0.6 is 0 Å². The molecule has 0 aliphatic heterocycles. The van der Waals surface area contributed by atoms with Crippen LogP contribution in [0.2, 0.25) is 0 Å². The van der Waals surface area contributed by atoms with E-state index in [-0.39, 0.29) is 11.7 Å². The van der Waals surface area contributed by atoms with E-state index < -0.39 is 0 Å². The second-order valence-electron chi connectivity index (χ2n) is 3.52. The zero-order valence-electron chi connectivity index (χ0n) is 7.39. The normalized spacial score (nSPS) is 22.5. The molecule has 1 unspecified atom stereocenters. The van der Waals surface area contributed by atoms with Gasteiger partial charge in [-0.3, -0.25) is 4.79 Å². The summed E-state index contributed by atoms with van der Waals surface area (Å²) < 4.78 is 5.34. The zero-order chi connectivity index (χ0) is 8.72. The van der Waals surface area contributed by atoms with Crippen molar-refractivity contribution in [1.82, 2.24) is 0 Å². The summed E-state index contributed by atoms with van der Waals surface area (Å²) in [7, 11) is 0. The molecule has 1 heterocycles. The first-order valence-corrected chi connectivity index (χ1v) is 4.32. The number of ketones is 1. The fraction of sp³-hybridized carbons (Fsp3) is 0.500. The highest BCUT2D eigenvalue weighted by Crippen LogP contribution is 2.27. The van der Waals surface area contributed by atoms with Crippen molar-refractivity contribution in [3.05, 3.63) is 23.2 Å². The molecule has 0 saturated heterocycles. The molecule has 64 valence electrons. The number of furan rings is 1. The molecule has 0 bridgehead atoms. The highest BCUT2D eigenvalue weighted by Gasteiger charge is 2.27. The third-order valence-electron chi connectivity index (χ3n) is 2.45. The summed E-state index contributed by atoms with van der Waals surface area (Å²) in [5.74, 6) is 1.76. The summed E-state index contributed by atoms with van der Waals surface area (Å²) in [5, 5.41) is 0. The molecule has 0 amide bonds. The maximum Gasteiger partial charge on any atom is 0.201 e. The Kier molecular flexibility index (Phi) is 1.56. The van der Waals surface area contributed by atoms with Crippen molar-refractivity contribution in [2.24, 2.45) is 5.92 Å². The van der Waals surface area contributed by atoms with Crippen LogP contribution in [0, 0.1) is 12.8 Å². The minimum atomic E-state index is 0.142. The number of hydrogen-bond donors (Lipinski definition) is 0. The van der Waals surface area contributed by atoms with E-state index in [1.54, 1.807) is 0 Å².